The Balaban J connectivity index is 1.82. The first-order chi connectivity index (χ1) is 10.6. The molecule has 0 radical (unpaired) electrons. The lowest BCUT2D eigenvalue weighted by atomic mass is 10.1. The number of hydrogen-bond donors (Lipinski definition) is 1. The summed E-state index contributed by atoms with van der Waals surface area (Å²) in [4.78, 5) is 2.12. The van der Waals surface area contributed by atoms with Gasteiger partial charge in [0, 0.05) is 23.0 Å². The van der Waals surface area contributed by atoms with E-state index in [1.807, 2.05) is 42.1 Å². The van der Waals surface area contributed by atoms with Gasteiger partial charge in [-0.2, -0.15) is 0 Å². The topological polar surface area (TPSA) is 15.3 Å². The minimum atomic E-state index is -0.135. The number of thiocarbonyl (C=S) groups is 1. The molecule has 0 bridgehead atoms. The van der Waals surface area contributed by atoms with Crippen molar-refractivity contribution in [2.75, 3.05) is 17.6 Å². The van der Waals surface area contributed by atoms with Gasteiger partial charge in [-0.25, -0.2) is 0 Å². The lowest BCUT2D eigenvalue weighted by Crippen LogP contribution is -2.43. The van der Waals surface area contributed by atoms with Crippen LogP contribution >= 0.6 is 35.6 Å². The molecule has 0 saturated carbocycles. The van der Waals surface area contributed by atoms with Crippen LogP contribution in [0.3, 0.4) is 0 Å². The van der Waals surface area contributed by atoms with Gasteiger partial charge in [0.25, 0.3) is 0 Å². The molecular formula is C17H17ClN2S2. The maximum atomic E-state index is 6.04. The molecule has 0 spiro atoms. The van der Waals surface area contributed by atoms with E-state index in [4.69, 9.17) is 23.8 Å². The van der Waals surface area contributed by atoms with Crippen molar-refractivity contribution in [1.29, 1.82) is 0 Å². The highest BCUT2D eigenvalue weighted by molar-refractivity contribution is 8.00. The standard InChI is InChI=1S/C17H17ClN2S2/c1-17(13-6-3-2-4-7-13)20(10-11-22-17)16(21)19-15-9-5-8-14(18)12-15/h2-9,12H,10-11H2,1H3,(H,19,21). The van der Waals surface area contributed by atoms with Gasteiger partial charge >= 0.3 is 0 Å². The summed E-state index contributed by atoms with van der Waals surface area (Å²) in [5.41, 5.74) is 2.19. The van der Waals surface area contributed by atoms with Gasteiger partial charge in [-0.05, 0) is 42.9 Å². The smallest absolute Gasteiger partial charge is 0.174 e. The normalized spacial score (nSPS) is 20.9. The average Bonchev–Trinajstić information content (AvgIpc) is 2.91. The largest absolute Gasteiger partial charge is 0.333 e. The second kappa shape index (κ2) is 6.49. The minimum Gasteiger partial charge on any atom is -0.333 e. The first-order valence-corrected chi connectivity index (χ1v) is 8.90. The van der Waals surface area contributed by atoms with Crippen molar-refractivity contribution in [1.82, 2.24) is 4.90 Å². The molecule has 5 heteroatoms. The van der Waals surface area contributed by atoms with E-state index in [2.05, 4.69) is 41.4 Å². The monoisotopic (exact) mass is 348 g/mol. The fourth-order valence-corrected chi connectivity index (χ4v) is 4.62. The molecule has 1 aliphatic rings. The van der Waals surface area contributed by atoms with Crippen molar-refractivity contribution < 1.29 is 0 Å². The molecule has 3 rings (SSSR count). The van der Waals surface area contributed by atoms with E-state index in [1.165, 1.54) is 5.56 Å². The van der Waals surface area contributed by atoms with Gasteiger partial charge in [-0.1, -0.05) is 48.0 Å². The highest BCUT2D eigenvalue weighted by Gasteiger charge is 2.40. The fraction of sp³-hybridized carbons (Fsp3) is 0.235. The molecule has 0 aliphatic carbocycles. The van der Waals surface area contributed by atoms with Crippen molar-refractivity contribution >= 4 is 46.4 Å². The van der Waals surface area contributed by atoms with Gasteiger partial charge in [0.05, 0.1) is 0 Å². The molecule has 1 saturated heterocycles. The van der Waals surface area contributed by atoms with Gasteiger partial charge in [0.2, 0.25) is 0 Å². The molecule has 1 heterocycles. The van der Waals surface area contributed by atoms with Crippen LogP contribution in [0.15, 0.2) is 54.6 Å². The molecule has 114 valence electrons. The Labute approximate surface area is 145 Å². The van der Waals surface area contributed by atoms with Gasteiger partial charge in [0.1, 0.15) is 4.87 Å². The van der Waals surface area contributed by atoms with Crippen molar-refractivity contribution in [3.63, 3.8) is 0 Å². The molecule has 1 aliphatic heterocycles. The Morgan fingerprint density at radius 2 is 2.00 bits per heavy atom. The number of hydrogen-bond acceptors (Lipinski definition) is 2. The Morgan fingerprint density at radius 3 is 2.73 bits per heavy atom. The van der Waals surface area contributed by atoms with Gasteiger partial charge in [-0.3, -0.25) is 0 Å². The Morgan fingerprint density at radius 1 is 1.23 bits per heavy atom. The first-order valence-electron chi connectivity index (χ1n) is 7.13. The zero-order valence-corrected chi connectivity index (χ0v) is 14.6. The predicted molar refractivity (Wildman–Crippen MR) is 101 cm³/mol. The zero-order chi connectivity index (χ0) is 15.6. The lowest BCUT2D eigenvalue weighted by Gasteiger charge is -2.36. The van der Waals surface area contributed by atoms with Crippen LogP contribution < -0.4 is 5.32 Å². The number of benzene rings is 2. The minimum absolute atomic E-state index is 0.135. The highest BCUT2D eigenvalue weighted by atomic mass is 35.5. The van der Waals surface area contributed by atoms with E-state index in [-0.39, 0.29) is 4.87 Å². The number of nitrogens with one attached hydrogen (secondary N) is 1. The van der Waals surface area contributed by atoms with Crippen molar-refractivity contribution in [2.45, 2.75) is 11.8 Å². The SMILES string of the molecule is CC1(c2ccccc2)SCCN1C(=S)Nc1cccc(Cl)c1. The summed E-state index contributed by atoms with van der Waals surface area (Å²) in [7, 11) is 0. The maximum Gasteiger partial charge on any atom is 0.174 e. The third-order valence-electron chi connectivity index (χ3n) is 3.84. The number of nitrogens with zero attached hydrogens (tertiary/aromatic N) is 1. The molecule has 0 amide bonds. The zero-order valence-electron chi connectivity index (χ0n) is 12.3. The van der Waals surface area contributed by atoms with Crippen molar-refractivity contribution in [3.05, 3.63) is 65.2 Å². The van der Waals surface area contributed by atoms with Crippen LogP contribution in [-0.4, -0.2) is 22.3 Å². The van der Waals surface area contributed by atoms with E-state index in [9.17, 15) is 0 Å². The third kappa shape index (κ3) is 3.09. The Hall–Kier alpha value is -1.23. The number of anilines is 1. The second-order valence-electron chi connectivity index (χ2n) is 5.29. The summed E-state index contributed by atoms with van der Waals surface area (Å²) < 4.78 is 0. The van der Waals surface area contributed by atoms with E-state index in [0.717, 1.165) is 23.1 Å². The molecule has 2 aromatic carbocycles. The van der Waals surface area contributed by atoms with Crippen LogP contribution in [0.1, 0.15) is 12.5 Å². The highest BCUT2D eigenvalue weighted by Crippen LogP contribution is 2.44. The van der Waals surface area contributed by atoms with Crippen LogP contribution in [0.4, 0.5) is 5.69 Å². The van der Waals surface area contributed by atoms with Crippen LogP contribution in [-0.2, 0) is 4.87 Å². The number of halogens is 1. The first kappa shape index (κ1) is 15.7. The van der Waals surface area contributed by atoms with E-state index in [0.29, 0.717) is 5.02 Å². The molecule has 22 heavy (non-hydrogen) atoms. The maximum absolute atomic E-state index is 6.04. The van der Waals surface area contributed by atoms with Crippen LogP contribution in [0.5, 0.6) is 0 Å². The molecular weight excluding hydrogens is 332 g/mol. The predicted octanol–water partition coefficient (Wildman–Crippen LogP) is 4.96. The molecule has 1 unspecified atom stereocenters. The van der Waals surface area contributed by atoms with Gasteiger partial charge in [-0.15, -0.1) is 11.8 Å². The summed E-state index contributed by atoms with van der Waals surface area (Å²) in [5, 5.41) is 4.75. The number of rotatable bonds is 2. The van der Waals surface area contributed by atoms with E-state index >= 15 is 0 Å². The fourth-order valence-electron chi connectivity index (χ4n) is 2.67. The second-order valence-corrected chi connectivity index (χ2v) is 7.60. The summed E-state index contributed by atoms with van der Waals surface area (Å²) in [5.74, 6) is 1.06. The molecule has 1 atom stereocenters. The van der Waals surface area contributed by atoms with E-state index in [1.54, 1.807) is 0 Å². The quantitative estimate of drug-likeness (QED) is 0.771. The number of thioether (sulfide) groups is 1. The molecule has 2 nitrogen and oxygen atoms in total. The van der Waals surface area contributed by atoms with Crippen LogP contribution in [0.2, 0.25) is 5.02 Å². The van der Waals surface area contributed by atoms with Crippen LogP contribution in [0, 0.1) is 0 Å². The molecule has 2 aromatic rings. The van der Waals surface area contributed by atoms with Crippen LogP contribution in [0.25, 0.3) is 0 Å². The summed E-state index contributed by atoms with van der Waals surface area (Å²) in [6.45, 7) is 3.16. The summed E-state index contributed by atoms with van der Waals surface area (Å²) >= 11 is 13.6. The molecule has 0 aromatic heterocycles. The van der Waals surface area contributed by atoms with Crippen molar-refractivity contribution in [3.8, 4) is 0 Å². The average molecular weight is 349 g/mol. The Bertz CT molecular complexity index is 677. The summed E-state index contributed by atoms with van der Waals surface area (Å²) in [6.07, 6.45) is 0. The van der Waals surface area contributed by atoms with Crippen molar-refractivity contribution in [2.24, 2.45) is 0 Å². The van der Waals surface area contributed by atoms with Gasteiger partial charge < -0.3 is 10.2 Å². The summed E-state index contributed by atoms with van der Waals surface area (Å²) in [6, 6.07) is 18.1. The Kier molecular flexibility index (Phi) is 4.62. The van der Waals surface area contributed by atoms with Gasteiger partial charge in [0.15, 0.2) is 5.11 Å². The molecule has 1 N–H and O–H groups in total. The lowest BCUT2D eigenvalue weighted by molar-refractivity contribution is 0.342. The third-order valence-corrected chi connectivity index (χ3v) is 5.81. The molecule has 1 fully saturated rings. The van der Waals surface area contributed by atoms with E-state index < -0.39 is 0 Å².